The summed E-state index contributed by atoms with van der Waals surface area (Å²) in [5, 5.41) is 0. The van der Waals surface area contributed by atoms with Crippen LogP contribution in [0.1, 0.15) is 0 Å². The summed E-state index contributed by atoms with van der Waals surface area (Å²) >= 11 is -2.67. The van der Waals surface area contributed by atoms with Gasteiger partial charge in [0.2, 0.25) is 0 Å². The third kappa shape index (κ3) is 2.84. The molecule has 2 heteroatoms. The van der Waals surface area contributed by atoms with Gasteiger partial charge in [0, 0.05) is 0 Å². The van der Waals surface area contributed by atoms with Crippen molar-refractivity contribution in [3.63, 3.8) is 0 Å². The minimum atomic E-state index is -2.67. The van der Waals surface area contributed by atoms with Crippen LogP contribution in [0.25, 0.3) is 0 Å². The molecule has 0 unspecified atom stereocenters. The van der Waals surface area contributed by atoms with Crippen molar-refractivity contribution >= 4 is 32.4 Å². The maximum absolute atomic E-state index is 2.67. The van der Waals surface area contributed by atoms with Crippen molar-refractivity contribution in [3.05, 3.63) is 91.0 Å². The first-order valence-electron chi connectivity index (χ1n) is 8.23. The van der Waals surface area contributed by atoms with E-state index in [0.29, 0.717) is 0 Å². The molecule has 0 fully saturated rings. The Labute approximate surface area is 143 Å². The zero-order valence-electron chi connectivity index (χ0n) is 14.2. The Morgan fingerprint density at radius 1 is 0.478 bits per heavy atom. The van der Waals surface area contributed by atoms with Crippen LogP contribution in [-0.2, 0) is 0 Å². The van der Waals surface area contributed by atoms with E-state index in [1.54, 1.807) is 13.2 Å². The van der Waals surface area contributed by atoms with E-state index in [0.717, 1.165) is 0 Å². The fourth-order valence-electron chi connectivity index (χ4n) is 3.86. The zero-order chi connectivity index (χ0) is 16.3. The summed E-state index contributed by atoms with van der Waals surface area (Å²) in [6.45, 7) is 6.19. The van der Waals surface area contributed by atoms with Crippen molar-refractivity contribution < 1.29 is 0 Å². The van der Waals surface area contributed by atoms with E-state index in [1.165, 1.54) is 0 Å². The summed E-state index contributed by atoms with van der Waals surface area (Å²) in [7, 11) is 0. The van der Waals surface area contributed by atoms with Gasteiger partial charge in [0.1, 0.15) is 0 Å². The summed E-state index contributed by atoms with van der Waals surface area (Å²) in [5.41, 5.74) is 0. The van der Waals surface area contributed by atoms with Crippen molar-refractivity contribution in [1.29, 1.82) is 0 Å². The maximum atomic E-state index is 2.56. The molecule has 0 amide bonds. The van der Waals surface area contributed by atoms with E-state index < -0.39 is 19.2 Å². The van der Waals surface area contributed by atoms with E-state index >= 15 is 0 Å². The van der Waals surface area contributed by atoms with Crippen molar-refractivity contribution in [2.45, 2.75) is 19.6 Å². The van der Waals surface area contributed by atoms with Crippen LogP contribution >= 0.6 is 0 Å². The summed E-state index contributed by atoms with van der Waals surface area (Å²) in [6, 6.07) is 33.9. The van der Waals surface area contributed by atoms with Crippen LogP contribution in [0.3, 0.4) is 0 Å². The van der Waals surface area contributed by atoms with Gasteiger partial charge in [0.05, 0.1) is 0 Å². The Kier molecular flexibility index (Phi) is 4.60. The molecule has 0 bridgehead atoms. The first-order chi connectivity index (χ1) is 11.1. The number of hydrogen-bond acceptors (Lipinski definition) is 0. The molecule has 3 aromatic carbocycles. The quantitative estimate of drug-likeness (QED) is 0.610. The van der Waals surface area contributed by atoms with Crippen molar-refractivity contribution in [2.75, 3.05) is 0 Å². The van der Waals surface area contributed by atoms with Crippen LogP contribution in [0.15, 0.2) is 91.0 Å². The molecule has 0 aromatic heterocycles. The number of hydrogen-bond donors (Lipinski definition) is 0. The summed E-state index contributed by atoms with van der Waals surface area (Å²) in [4.78, 5) is 0. The second-order valence-electron chi connectivity index (χ2n) is 7.10. The van der Waals surface area contributed by atoms with Gasteiger partial charge in [0.15, 0.2) is 0 Å². The molecule has 0 saturated carbocycles. The molecule has 3 aromatic rings. The van der Waals surface area contributed by atoms with Crippen molar-refractivity contribution in [1.82, 2.24) is 0 Å². The zero-order valence-corrected chi connectivity index (χ0v) is 17.3. The Hall–Kier alpha value is -1.58. The van der Waals surface area contributed by atoms with Gasteiger partial charge in [-0.05, 0) is 0 Å². The average Bonchev–Trinajstić information content (AvgIpc) is 2.57. The van der Waals surface area contributed by atoms with E-state index in [2.05, 4.69) is 111 Å². The molecule has 0 radical (unpaired) electrons. The summed E-state index contributed by atoms with van der Waals surface area (Å²) < 4.78 is 4.76. The third-order valence-corrected chi connectivity index (χ3v) is 33.2. The standard InChI is InChI=1S/C21H24GeSi/c1-23(2,3)22(19-13-7-4-8-14-19,20-15-9-5-10-16-20)21-17-11-6-12-18-21/h4-18H,1-3H3. The fraction of sp³-hybridized carbons (Fsp3) is 0.143. The Morgan fingerprint density at radius 2 is 0.739 bits per heavy atom. The van der Waals surface area contributed by atoms with Gasteiger partial charge in [-0.2, -0.15) is 0 Å². The van der Waals surface area contributed by atoms with Crippen LogP contribution in [0.4, 0.5) is 0 Å². The first-order valence-corrected chi connectivity index (χ1v) is 18.0. The molecular weight excluding hydrogens is 353 g/mol. The molecule has 116 valence electrons. The Morgan fingerprint density at radius 3 is 0.957 bits per heavy atom. The van der Waals surface area contributed by atoms with Crippen LogP contribution in [0.5, 0.6) is 0 Å². The SMILES string of the molecule is C[Si](C)(C)[Ge]([c]1ccccc1)([c]1ccccc1)[c]1ccccc1. The van der Waals surface area contributed by atoms with E-state index in [9.17, 15) is 0 Å². The Bertz CT molecular complexity index is 649. The second-order valence-corrected chi connectivity index (χ2v) is 31.7. The van der Waals surface area contributed by atoms with Crippen LogP contribution in [0, 0.1) is 0 Å². The molecule has 0 spiro atoms. The average molecular weight is 377 g/mol. The van der Waals surface area contributed by atoms with Gasteiger partial charge < -0.3 is 0 Å². The molecule has 0 atom stereocenters. The fourth-order valence-corrected chi connectivity index (χ4v) is 31.9. The summed E-state index contributed by atoms with van der Waals surface area (Å²) in [6.07, 6.45) is 0. The van der Waals surface area contributed by atoms with Crippen LogP contribution < -0.4 is 13.2 Å². The molecular formula is C21H24GeSi. The molecule has 0 N–H and O–H groups in total. The summed E-state index contributed by atoms with van der Waals surface area (Å²) in [5.74, 6) is 0. The van der Waals surface area contributed by atoms with Gasteiger partial charge in [-0.1, -0.05) is 0 Å². The van der Waals surface area contributed by atoms with Gasteiger partial charge in [-0.25, -0.2) is 0 Å². The first kappa shape index (κ1) is 16.3. The minimum absolute atomic E-state index is 1.47. The van der Waals surface area contributed by atoms with Crippen LogP contribution in [0.2, 0.25) is 19.6 Å². The van der Waals surface area contributed by atoms with Gasteiger partial charge in [-0.15, -0.1) is 0 Å². The van der Waals surface area contributed by atoms with Crippen molar-refractivity contribution in [2.24, 2.45) is 0 Å². The Balaban J connectivity index is 2.41. The van der Waals surface area contributed by atoms with E-state index in [-0.39, 0.29) is 0 Å². The van der Waals surface area contributed by atoms with Gasteiger partial charge in [-0.3, -0.25) is 0 Å². The normalized spacial score (nSPS) is 12.1. The monoisotopic (exact) mass is 378 g/mol. The molecule has 3 rings (SSSR count). The van der Waals surface area contributed by atoms with Crippen LogP contribution in [-0.4, -0.2) is 19.2 Å². The van der Waals surface area contributed by atoms with E-state index in [4.69, 9.17) is 0 Å². The predicted octanol–water partition coefficient (Wildman–Crippen LogP) is 3.57. The molecule has 0 heterocycles. The number of benzene rings is 3. The molecule has 0 nitrogen and oxygen atoms in total. The third-order valence-electron chi connectivity index (χ3n) is 4.75. The molecule has 0 saturated heterocycles. The van der Waals surface area contributed by atoms with E-state index in [1.807, 2.05) is 0 Å². The molecule has 0 aliphatic carbocycles. The second kappa shape index (κ2) is 6.50. The molecule has 0 aliphatic rings. The van der Waals surface area contributed by atoms with Gasteiger partial charge in [0.25, 0.3) is 0 Å². The van der Waals surface area contributed by atoms with Gasteiger partial charge >= 0.3 is 143 Å². The topological polar surface area (TPSA) is 0 Å². The molecule has 23 heavy (non-hydrogen) atoms. The predicted molar refractivity (Wildman–Crippen MR) is 107 cm³/mol. The number of rotatable bonds is 4. The molecule has 0 aliphatic heterocycles. The van der Waals surface area contributed by atoms with Crippen molar-refractivity contribution in [3.8, 4) is 0 Å².